The number of benzene rings is 2. The number of hydrogen-bond acceptors (Lipinski definition) is 6. The topological polar surface area (TPSA) is 91.0 Å². The molecule has 160 valence electrons. The molecule has 0 spiro atoms. The van der Waals surface area contributed by atoms with Gasteiger partial charge in [0.1, 0.15) is 11.3 Å². The molecule has 0 radical (unpaired) electrons. The molecule has 1 unspecified atom stereocenters. The van der Waals surface area contributed by atoms with E-state index >= 15 is 0 Å². The maximum Gasteiger partial charge on any atom is 0.290 e. The molecule has 3 heterocycles. The van der Waals surface area contributed by atoms with Crippen LogP contribution in [-0.4, -0.2) is 26.8 Å². The number of carbonyl (C=O) groups excluding carboxylic acids is 2. The second-order valence-electron chi connectivity index (χ2n) is 7.39. The summed E-state index contributed by atoms with van der Waals surface area (Å²) in [6.45, 7) is 0.232. The zero-order valence-corrected chi connectivity index (χ0v) is 18.9. The first-order valence-electron chi connectivity index (χ1n) is 9.71. The van der Waals surface area contributed by atoms with E-state index in [0.717, 1.165) is 14.7 Å². The molecule has 1 aliphatic heterocycles. The number of Topliss-reactive ketones (excluding diaryl/α,β-unsaturated/α-hetero) is 1. The SMILES string of the molecule is O=C(C1=C(O)C(=O)N(Cc2cccs2)C1c1ccc(O)cc1)c1cc2cc(Br)ccc2o1. The van der Waals surface area contributed by atoms with Crippen molar-refractivity contribution in [3.63, 3.8) is 0 Å². The van der Waals surface area contributed by atoms with Crippen LogP contribution in [0.25, 0.3) is 11.0 Å². The fourth-order valence-corrected chi connectivity index (χ4v) is 4.96. The summed E-state index contributed by atoms with van der Waals surface area (Å²) in [6.07, 6.45) is 0. The summed E-state index contributed by atoms with van der Waals surface area (Å²) in [5.41, 5.74) is 1.08. The van der Waals surface area contributed by atoms with E-state index in [1.165, 1.54) is 28.4 Å². The summed E-state index contributed by atoms with van der Waals surface area (Å²) < 4.78 is 6.58. The highest BCUT2D eigenvalue weighted by atomic mass is 79.9. The van der Waals surface area contributed by atoms with Crippen LogP contribution in [0.5, 0.6) is 5.75 Å². The van der Waals surface area contributed by atoms with Gasteiger partial charge in [-0.1, -0.05) is 34.1 Å². The number of furan rings is 1. The first kappa shape index (κ1) is 20.5. The highest BCUT2D eigenvalue weighted by Crippen LogP contribution is 2.41. The van der Waals surface area contributed by atoms with Gasteiger partial charge in [-0.05, 0) is 53.4 Å². The third-order valence-electron chi connectivity index (χ3n) is 5.37. The lowest BCUT2D eigenvalue weighted by atomic mass is 9.95. The molecule has 0 bridgehead atoms. The Labute approximate surface area is 195 Å². The highest BCUT2D eigenvalue weighted by Gasteiger charge is 2.44. The molecule has 0 saturated heterocycles. The van der Waals surface area contributed by atoms with E-state index in [1.54, 1.807) is 30.3 Å². The molecule has 8 heteroatoms. The first-order chi connectivity index (χ1) is 15.4. The minimum Gasteiger partial charge on any atom is -0.508 e. The average Bonchev–Trinajstić information content (AvgIpc) is 3.49. The lowest BCUT2D eigenvalue weighted by Crippen LogP contribution is -2.30. The van der Waals surface area contributed by atoms with Crippen molar-refractivity contribution < 1.29 is 24.2 Å². The molecule has 1 atom stereocenters. The van der Waals surface area contributed by atoms with E-state index in [-0.39, 0.29) is 23.6 Å². The van der Waals surface area contributed by atoms with Gasteiger partial charge in [-0.3, -0.25) is 9.59 Å². The Morgan fingerprint density at radius 1 is 1.09 bits per heavy atom. The van der Waals surface area contributed by atoms with E-state index < -0.39 is 23.5 Å². The Bertz CT molecular complexity index is 1370. The number of aromatic hydroxyl groups is 1. The Kier molecular flexibility index (Phi) is 5.11. The van der Waals surface area contributed by atoms with Gasteiger partial charge in [0.15, 0.2) is 11.5 Å². The van der Waals surface area contributed by atoms with E-state index in [2.05, 4.69) is 15.9 Å². The number of hydrogen-bond donors (Lipinski definition) is 2. The van der Waals surface area contributed by atoms with Crippen molar-refractivity contribution in [2.75, 3.05) is 0 Å². The van der Waals surface area contributed by atoms with Crippen molar-refractivity contribution in [2.45, 2.75) is 12.6 Å². The van der Waals surface area contributed by atoms with Crippen molar-refractivity contribution in [1.29, 1.82) is 0 Å². The molecule has 1 aliphatic rings. The molecule has 2 N–H and O–H groups in total. The van der Waals surface area contributed by atoms with Gasteiger partial charge in [-0.15, -0.1) is 11.3 Å². The van der Waals surface area contributed by atoms with Gasteiger partial charge in [-0.25, -0.2) is 0 Å². The van der Waals surface area contributed by atoms with Gasteiger partial charge in [0, 0.05) is 14.7 Å². The van der Waals surface area contributed by atoms with Crippen LogP contribution in [0, 0.1) is 0 Å². The van der Waals surface area contributed by atoms with Gasteiger partial charge >= 0.3 is 0 Å². The van der Waals surface area contributed by atoms with Crippen LogP contribution in [0.1, 0.15) is 27.0 Å². The van der Waals surface area contributed by atoms with Crippen LogP contribution >= 0.6 is 27.3 Å². The summed E-state index contributed by atoms with van der Waals surface area (Å²) in [6, 6.07) is 16.2. The van der Waals surface area contributed by atoms with E-state index in [1.807, 2.05) is 23.6 Å². The Morgan fingerprint density at radius 3 is 2.59 bits per heavy atom. The van der Waals surface area contributed by atoms with Crippen molar-refractivity contribution in [2.24, 2.45) is 0 Å². The molecule has 0 fully saturated rings. The second-order valence-corrected chi connectivity index (χ2v) is 9.34. The lowest BCUT2D eigenvalue weighted by molar-refractivity contribution is -0.130. The summed E-state index contributed by atoms with van der Waals surface area (Å²) in [5.74, 6) is -1.68. The molecular formula is C24H16BrNO5S. The molecule has 2 aromatic carbocycles. The molecule has 4 aromatic rings. The minimum atomic E-state index is -0.822. The predicted molar refractivity (Wildman–Crippen MR) is 124 cm³/mol. The minimum absolute atomic E-state index is 0.0363. The van der Waals surface area contributed by atoms with Gasteiger partial charge in [0.25, 0.3) is 5.91 Å². The Morgan fingerprint density at radius 2 is 1.88 bits per heavy atom. The van der Waals surface area contributed by atoms with E-state index in [0.29, 0.717) is 11.1 Å². The smallest absolute Gasteiger partial charge is 0.290 e. The molecule has 0 aliphatic carbocycles. The Hall–Kier alpha value is -3.36. The summed E-state index contributed by atoms with van der Waals surface area (Å²) in [5, 5.41) is 23.1. The van der Waals surface area contributed by atoms with E-state index in [4.69, 9.17) is 4.42 Å². The van der Waals surface area contributed by atoms with E-state index in [9.17, 15) is 19.8 Å². The first-order valence-corrected chi connectivity index (χ1v) is 11.4. The predicted octanol–water partition coefficient (Wildman–Crippen LogP) is 5.74. The molecule has 6 nitrogen and oxygen atoms in total. The normalized spacial score (nSPS) is 16.3. The maximum absolute atomic E-state index is 13.5. The number of fused-ring (bicyclic) bond motifs is 1. The van der Waals surface area contributed by atoms with Crippen LogP contribution in [0.3, 0.4) is 0 Å². The fourth-order valence-electron chi connectivity index (χ4n) is 3.88. The monoisotopic (exact) mass is 509 g/mol. The van der Waals surface area contributed by atoms with Gasteiger partial charge in [-0.2, -0.15) is 0 Å². The standard InChI is InChI=1S/C24H16BrNO5S/c25-15-5-8-18-14(10-15)11-19(31-18)22(28)20-21(13-3-6-16(27)7-4-13)26(24(30)23(20)29)12-17-2-1-9-32-17/h1-11,21,27,29H,12H2. The number of phenolic OH excluding ortho intramolecular Hbond substituents is 1. The van der Waals surface area contributed by atoms with Crippen LogP contribution in [0.2, 0.25) is 0 Å². The van der Waals surface area contributed by atoms with Crippen molar-refractivity contribution in [3.8, 4) is 5.75 Å². The number of nitrogens with zero attached hydrogens (tertiary/aromatic N) is 1. The summed E-state index contributed by atoms with van der Waals surface area (Å²) in [4.78, 5) is 28.9. The van der Waals surface area contributed by atoms with Crippen LogP contribution in [-0.2, 0) is 11.3 Å². The number of halogens is 1. The number of ketones is 1. The molecule has 2 aromatic heterocycles. The second kappa shape index (κ2) is 7.96. The quantitative estimate of drug-likeness (QED) is 0.334. The van der Waals surface area contributed by atoms with Crippen molar-refractivity contribution in [3.05, 3.63) is 98.0 Å². The van der Waals surface area contributed by atoms with Gasteiger partial charge in [0.05, 0.1) is 18.2 Å². The van der Waals surface area contributed by atoms with Crippen LogP contribution < -0.4 is 0 Å². The largest absolute Gasteiger partial charge is 0.508 e. The van der Waals surface area contributed by atoms with Crippen LogP contribution in [0.4, 0.5) is 0 Å². The zero-order chi connectivity index (χ0) is 22.4. The zero-order valence-electron chi connectivity index (χ0n) is 16.5. The van der Waals surface area contributed by atoms with Crippen molar-refractivity contribution in [1.82, 2.24) is 4.90 Å². The third kappa shape index (κ3) is 3.51. The summed E-state index contributed by atoms with van der Waals surface area (Å²) in [7, 11) is 0. The van der Waals surface area contributed by atoms with Crippen molar-refractivity contribution >= 4 is 49.9 Å². The Balaban J connectivity index is 1.60. The molecular weight excluding hydrogens is 494 g/mol. The fraction of sp³-hybridized carbons (Fsp3) is 0.0833. The number of aliphatic hydroxyl groups excluding tert-OH is 1. The third-order valence-corrected chi connectivity index (χ3v) is 6.72. The summed E-state index contributed by atoms with van der Waals surface area (Å²) >= 11 is 4.88. The lowest BCUT2D eigenvalue weighted by Gasteiger charge is -2.26. The molecule has 0 saturated carbocycles. The van der Waals surface area contributed by atoms with Crippen LogP contribution in [0.15, 0.2) is 86.3 Å². The number of carbonyl (C=O) groups is 2. The number of thiophene rings is 1. The number of rotatable bonds is 5. The molecule has 5 rings (SSSR count). The molecule has 1 amide bonds. The average molecular weight is 510 g/mol. The number of aliphatic hydroxyl groups is 1. The number of amides is 1. The molecule has 32 heavy (non-hydrogen) atoms. The number of phenols is 1. The maximum atomic E-state index is 13.5. The van der Waals surface area contributed by atoms with Gasteiger partial charge < -0.3 is 19.5 Å². The highest BCUT2D eigenvalue weighted by molar-refractivity contribution is 9.10. The van der Waals surface area contributed by atoms with Gasteiger partial charge in [0.2, 0.25) is 5.78 Å².